The van der Waals surface area contributed by atoms with Gasteiger partial charge in [-0.1, -0.05) is 18.2 Å². The van der Waals surface area contributed by atoms with Gasteiger partial charge in [0.05, 0.1) is 0 Å². The van der Waals surface area contributed by atoms with E-state index in [9.17, 15) is 20.2 Å². The van der Waals surface area contributed by atoms with Gasteiger partial charge in [0.1, 0.15) is 10.8 Å². The van der Waals surface area contributed by atoms with E-state index in [4.69, 9.17) is 5.73 Å². The van der Waals surface area contributed by atoms with Gasteiger partial charge in [-0.15, -0.1) is 0 Å². The molecule has 0 aromatic heterocycles. The summed E-state index contributed by atoms with van der Waals surface area (Å²) >= 11 is 0. The Morgan fingerprint density at radius 1 is 1.29 bits per heavy atom. The Bertz CT molecular complexity index is 447. The van der Waals surface area contributed by atoms with Crippen molar-refractivity contribution in [3.63, 3.8) is 0 Å². The molecule has 10 nitrogen and oxygen atoms in total. The lowest BCUT2D eigenvalue weighted by atomic mass is 10.3. The number of hydrogen-bond donors (Lipinski definition) is 1. The Balaban J connectivity index is 2.98. The molecule has 0 heterocycles. The van der Waals surface area contributed by atoms with Crippen molar-refractivity contribution in [1.29, 1.82) is 0 Å². The van der Waals surface area contributed by atoms with E-state index in [0.29, 0.717) is 5.01 Å². The predicted octanol–water partition coefficient (Wildman–Crippen LogP) is 0.123. The molecule has 1 aromatic rings. The minimum absolute atomic E-state index is 0.0886. The van der Waals surface area contributed by atoms with E-state index in [2.05, 4.69) is 10.1 Å². The first kappa shape index (κ1) is 12.2. The fourth-order valence-electron chi connectivity index (χ4n) is 0.993. The molecule has 0 saturated heterocycles. The van der Waals surface area contributed by atoms with Crippen molar-refractivity contribution in [2.24, 2.45) is 10.9 Å². The lowest BCUT2D eigenvalue weighted by Crippen LogP contribution is -2.42. The van der Waals surface area contributed by atoms with Crippen molar-refractivity contribution in [1.82, 2.24) is 0 Å². The monoisotopic (exact) mass is 241 g/mol. The number of rotatable bonds is 4. The average Bonchev–Trinajstić information content (AvgIpc) is 2.27. The van der Waals surface area contributed by atoms with Crippen LogP contribution >= 0.6 is 0 Å². The van der Waals surface area contributed by atoms with Crippen LogP contribution in [0.5, 0.6) is 0 Å². The third kappa shape index (κ3) is 3.30. The molecule has 10 heteroatoms. The summed E-state index contributed by atoms with van der Waals surface area (Å²) in [5.74, 6) is -0.766. The van der Waals surface area contributed by atoms with Crippen molar-refractivity contribution >= 4 is 11.6 Å². The van der Waals surface area contributed by atoms with Crippen molar-refractivity contribution in [2.75, 3.05) is 5.01 Å². The SMILES string of the molecule is N/C(=N\O[N+](=O)[O-])N(c1ccccc1)[N+](=O)[O-]. The number of nitrogens with zero attached hydrogens (tertiary/aromatic N) is 4. The summed E-state index contributed by atoms with van der Waals surface area (Å²) in [5.41, 5.74) is 5.29. The van der Waals surface area contributed by atoms with E-state index in [1.807, 2.05) is 0 Å². The molecule has 0 radical (unpaired) electrons. The number of benzene rings is 1. The Labute approximate surface area is 94.1 Å². The number of guanidine groups is 1. The first-order valence-electron chi connectivity index (χ1n) is 4.17. The molecule has 0 aliphatic carbocycles. The van der Waals surface area contributed by atoms with Gasteiger partial charge in [0, 0.05) is 5.01 Å². The maximum absolute atomic E-state index is 10.7. The van der Waals surface area contributed by atoms with Gasteiger partial charge in [0.2, 0.25) is 0 Å². The third-order valence-electron chi connectivity index (χ3n) is 1.58. The molecule has 90 valence electrons. The van der Waals surface area contributed by atoms with Crippen LogP contribution in [0.1, 0.15) is 0 Å². The second kappa shape index (κ2) is 5.25. The van der Waals surface area contributed by atoms with Gasteiger partial charge in [-0.05, 0) is 12.1 Å². The lowest BCUT2D eigenvalue weighted by molar-refractivity contribution is -0.760. The number of hydrogen-bond acceptors (Lipinski definition) is 6. The van der Waals surface area contributed by atoms with Crippen LogP contribution < -0.4 is 10.7 Å². The van der Waals surface area contributed by atoms with Crippen LogP contribution in [-0.4, -0.2) is 16.1 Å². The van der Waals surface area contributed by atoms with E-state index >= 15 is 0 Å². The maximum Gasteiger partial charge on any atom is 0.406 e. The van der Waals surface area contributed by atoms with Gasteiger partial charge in [0.15, 0.2) is 10.1 Å². The summed E-state index contributed by atoms with van der Waals surface area (Å²) < 4.78 is 0. The van der Waals surface area contributed by atoms with E-state index in [1.165, 1.54) is 24.3 Å². The summed E-state index contributed by atoms with van der Waals surface area (Å²) in [6.07, 6.45) is 0. The molecule has 0 aliphatic rings. The zero-order valence-corrected chi connectivity index (χ0v) is 8.29. The second-order valence-electron chi connectivity index (χ2n) is 2.64. The summed E-state index contributed by atoms with van der Waals surface area (Å²) in [6, 6.07) is 7.48. The maximum atomic E-state index is 10.7. The molecule has 0 atom stereocenters. The van der Waals surface area contributed by atoms with Crippen molar-refractivity contribution in [3.8, 4) is 0 Å². The van der Waals surface area contributed by atoms with Gasteiger partial charge < -0.3 is 5.73 Å². The van der Waals surface area contributed by atoms with Crippen molar-refractivity contribution in [2.45, 2.75) is 0 Å². The minimum atomic E-state index is -1.24. The van der Waals surface area contributed by atoms with E-state index in [-0.39, 0.29) is 5.69 Å². The van der Waals surface area contributed by atoms with Crippen LogP contribution in [0.3, 0.4) is 0 Å². The molecule has 0 spiro atoms. The standard InChI is InChI=1S/C7H7N5O5/c8-7(9-17-12(15)16)10(11(13)14)6-4-2-1-3-5-6/h1-5H,(H2,8,9). The van der Waals surface area contributed by atoms with E-state index < -0.39 is 16.1 Å². The molecule has 0 saturated carbocycles. The first-order valence-corrected chi connectivity index (χ1v) is 4.17. The molecule has 0 bridgehead atoms. The largest absolute Gasteiger partial charge is 0.406 e. The summed E-state index contributed by atoms with van der Waals surface area (Å²) in [4.78, 5) is 24.2. The average molecular weight is 241 g/mol. The normalized spacial score (nSPS) is 10.7. The summed E-state index contributed by atoms with van der Waals surface area (Å²) in [7, 11) is 0. The Morgan fingerprint density at radius 2 is 1.88 bits per heavy atom. The highest BCUT2D eigenvalue weighted by Gasteiger charge is 2.26. The molecule has 0 fully saturated rings. The number of hydrazine groups is 1. The van der Waals surface area contributed by atoms with E-state index in [1.54, 1.807) is 6.07 Å². The summed E-state index contributed by atoms with van der Waals surface area (Å²) in [5, 5.41) is 21.6. The van der Waals surface area contributed by atoms with Crippen LogP contribution in [0.4, 0.5) is 5.69 Å². The van der Waals surface area contributed by atoms with Gasteiger partial charge >= 0.3 is 5.96 Å². The van der Waals surface area contributed by atoms with Crippen LogP contribution in [0.2, 0.25) is 0 Å². The van der Waals surface area contributed by atoms with Crippen LogP contribution in [0.15, 0.2) is 35.5 Å². The highest BCUT2D eigenvalue weighted by atomic mass is 17.0. The Morgan fingerprint density at radius 3 is 2.35 bits per heavy atom. The van der Waals surface area contributed by atoms with Crippen molar-refractivity contribution in [3.05, 3.63) is 50.6 Å². The second-order valence-corrected chi connectivity index (χ2v) is 2.64. The Kier molecular flexibility index (Phi) is 3.76. The smallest absolute Gasteiger partial charge is 0.341 e. The number of anilines is 1. The fraction of sp³-hybridized carbons (Fsp3) is 0. The quantitative estimate of drug-likeness (QED) is 0.342. The fourth-order valence-corrected chi connectivity index (χ4v) is 0.993. The minimum Gasteiger partial charge on any atom is -0.341 e. The molecule has 0 unspecified atom stereocenters. The van der Waals surface area contributed by atoms with Crippen LogP contribution in [-0.2, 0) is 4.94 Å². The molecule has 1 aromatic carbocycles. The van der Waals surface area contributed by atoms with Gasteiger partial charge in [-0.2, -0.15) is 4.94 Å². The van der Waals surface area contributed by atoms with Crippen LogP contribution in [0, 0.1) is 20.2 Å². The highest BCUT2D eigenvalue weighted by molar-refractivity contribution is 5.91. The molecule has 0 amide bonds. The van der Waals surface area contributed by atoms with Crippen molar-refractivity contribution < 1.29 is 15.1 Å². The number of nitrogens with two attached hydrogens (primary N) is 1. The molecule has 1 rings (SSSR count). The predicted molar refractivity (Wildman–Crippen MR) is 55.6 cm³/mol. The first-order chi connectivity index (χ1) is 8.02. The number of nitro groups is 1. The number of oxime groups is 1. The van der Waals surface area contributed by atoms with Crippen LogP contribution in [0.25, 0.3) is 0 Å². The Hall–Kier alpha value is -2.91. The molecule has 17 heavy (non-hydrogen) atoms. The lowest BCUT2D eigenvalue weighted by Gasteiger charge is -2.08. The summed E-state index contributed by atoms with van der Waals surface area (Å²) in [6.45, 7) is 0. The number of para-hydroxylation sites is 1. The zero-order chi connectivity index (χ0) is 12.8. The topological polar surface area (TPSA) is 137 Å². The van der Waals surface area contributed by atoms with E-state index in [0.717, 1.165) is 0 Å². The zero-order valence-electron chi connectivity index (χ0n) is 8.29. The molecule has 2 N–H and O–H groups in total. The van der Waals surface area contributed by atoms with Gasteiger partial charge in [-0.25, -0.2) is 20.2 Å². The molecular weight excluding hydrogens is 234 g/mol. The molecular formula is C7H7N5O5. The van der Waals surface area contributed by atoms with Gasteiger partial charge in [-0.3, -0.25) is 0 Å². The third-order valence-corrected chi connectivity index (χ3v) is 1.58. The van der Waals surface area contributed by atoms with Gasteiger partial charge in [0.25, 0.3) is 0 Å². The molecule has 0 aliphatic heterocycles. The highest BCUT2D eigenvalue weighted by Crippen LogP contribution is 2.12.